The second kappa shape index (κ2) is 7.58. The first kappa shape index (κ1) is 14.4. The fourth-order valence-electron chi connectivity index (χ4n) is 1.37. The third kappa shape index (κ3) is 4.98. The second-order valence-corrected chi connectivity index (χ2v) is 4.55. The van der Waals surface area contributed by atoms with Crippen LogP contribution in [0.15, 0.2) is 23.1 Å². The van der Waals surface area contributed by atoms with Gasteiger partial charge in [-0.3, -0.25) is 4.79 Å². The lowest BCUT2D eigenvalue weighted by molar-refractivity contribution is 0.0953. The Morgan fingerprint density at radius 3 is 2.88 bits per heavy atom. The van der Waals surface area contributed by atoms with Crippen molar-refractivity contribution in [2.24, 2.45) is 0 Å². The molecule has 0 spiro atoms. The maximum absolute atomic E-state index is 11.8. The number of amides is 1. The summed E-state index contributed by atoms with van der Waals surface area (Å²) in [5.74, 6) is -0.151. The maximum atomic E-state index is 11.8. The predicted octanol–water partition coefficient (Wildman–Crippen LogP) is 2.36. The highest BCUT2D eigenvalue weighted by molar-refractivity contribution is 7.80. The van der Waals surface area contributed by atoms with Crippen molar-refractivity contribution in [1.82, 2.24) is 10.6 Å². The molecular formula is C12H17ClN2OS. The molecule has 0 aromatic heterocycles. The number of hydrogen-bond donors (Lipinski definition) is 3. The van der Waals surface area contributed by atoms with E-state index < -0.39 is 0 Å². The van der Waals surface area contributed by atoms with E-state index in [4.69, 9.17) is 11.6 Å². The molecule has 0 aliphatic carbocycles. The standard InChI is InChI=1S/C12H17ClN2OS/c1-2-14-6-3-7-15-12(16)10-8-9(17)4-5-11(10)13/h4-5,8,14,17H,2-3,6-7H2,1H3,(H,15,16). The number of thiol groups is 1. The molecule has 0 radical (unpaired) electrons. The summed E-state index contributed by atoms with van der Waals surface area (Å²) in [4.78, 5) is 12.5. The van der Waals surface area contributed by atoms with Gasteiger partial charge in [0.05, 0.1) is 10.6 Å². The van der Waals surface area contributed by atoms with E-state index in [1.807, 2.05) is 0 Å². The fraction of sp³-hybridized carbons (Fsp3) is 0.417. The molecule has 5 heteroatoms. The fourth-order valence-corrected chi connectivity index (χ4v) is 1.78. The van der Waals surface area contributed by atoms with Gasteiger partial charge in [-0.1, -0.05) is 18.5 Å². The molecule has 1 amide bonds. The van der Waals surface area contributed by atoms with E-state index in [9.17, 15) is 4.79 Å². The summed E-state index contributed by atoms with van der Waals surface area (Å²) in [6, 6.07) is 5.11. The van der Waals surface area contributed by atoms with Crippen LogP contribution in [0, 0.1) is 0 Å². The molecule has 3 nitrogen and oxygen atoms in total. The predicted molar refractivity (Wildman–Crippen MR) is 74.2 cm³/mol. The van der Waals surface area contributed by atoms with E-state index in [1.165, 1.54) is 0 Å². The van der Waals surface area contributed by atoms with Crippen molar-refractivity contribution in [3.8, 4) is 0 Å². The molecular weight excluding hydrogens is 256 g/mol. The number of hydrogen-bond acceptors (Lipinski definition) is 3. The van der Waals surface area contributed by atoms with Crippen LogP contribution in [0.25, 0.3) is 0 Å². The van der Waals surface area contributed by atoms with Crippen molar-refractivity contribution in [1.29, 1.82) is 0 Å². The Labute approximate surface area is 112 Å². The molecule has 1 aromatic rings. The molecule has 0 unspecified atom stereocenters. The Kier molecular flexibility index (Phi) is 6.40. The molecule has 1 rings (SSSR count). The van der Waals surface area contributed by atoms with Crippen LogP contribution >= 0.6 is 24.2 Å². The Morgan fingerprint density at radius 2 is 2.18 bits per heavy atom. The molecule has 0 atom stereocenters. The van der Waals surface area contributed by atoms with Gasteiger partial charge < -0.3 is 10.6 Å². The molecule has 0 heterocycles. The minimum atomic E-state index is -0.151. The van der Waals surface area contributed by atoms with Crippen molar-refractivity contribution >= 4 is 30.1 Å². The summed E-state index contributed by atoms with van der Waals surface area (Å²) < 4.78 is 0. The van der Waals surface area contributed by atoms with Gasteiger partial charge in [-0.05, 0) is 37.7 Å². The SMILES string of the molecule is CCNCCCNC(=O)c1cc(S)ccc1Cl. The largest absolute Gasteiger partial charge is 0.352 e. The Balaban J connectivity index is 2.44. The summed E-state index contributed by atoms with van der Waals surface area (Å²) in [6.07, 6.45) is 0.901. The monoisotopic (exact) mass is 272 g/mol. The summed E-state index contributed by atoms with van der Waals surface area (Å²) >= 11 is 10.1. The summed E-state index contributed by atoms with van der Waals surface area (Å²) in [5.41, 5.74) is 0.475. The highest BCUT2D eigenvalue weighted by Gasteiger charge is 2.09. The van der Waals surface area contributed by atoms with E-state index in [2.05, 4.69) is 30.2 Å². The average Bonchev–Trinajstić information content (AvgIpc) is 2.32. The first-order valence-electron chi connectivity index (χ1n) is 5.62. The van der Waals surface area contributed by atoms with Gasteiger partial charge in [0.15, 0.2) is 0 Å². The zero-order chi connectivity index (χ0) is 12.7. The number of carbonyl (C=O) groups is 1. The molecule has 0 fully saturated rings. The third-order valence-corrected chi connectivity index (χ3v) is 2.87. The molecule has 0 aliphatic heterocycles. The van der Waals surface area contributed by atoms with Crippen molar-refractivity contribution in [3.05, 3.63) is 28.8 Å². The number of halogens is 1. The number of benzene rings is 1. The van der Waals surface area contributed by atoms with Crippen LogP contribution in [0.2, 0.25) is 5.02 Å². The lowest BCUT2D eigenvalue weighted by Crippen LogP contribution is -2.27. The zero-order valence-corrected chi connectivity index (χ0v) is 11.4. The molecule has 0 aliphatic rings. The van der Waals surface area contributed by atoms with Crippen LogP contribution < -0.4 is 10.6 Å². The van der Waals surface area contributed by atoms with Gasteiger partial charge in [-0.25, -0.2) is 0 Å². The minimum absolute atomic E-state index is 0.151. The molecule has 2 N–H and O–H groups in total. The highest BCUT2D eigenvalue weighted by Crippen LogP contribution is 2.19. The smallest absolute Gasteiger partial charge is 0.252 e. The van der Waals surface area contributed by atoms with Gasteiger partial charge in [0.1, 0.15) is 0 Å². The Hall–Kier alpha value is -0.710. The number of nitrogens with one attached hydrogen (secondary N) is 2. The molecule has 1 aromatic carbocycles. The molecule has 0 bridgehead atoms. The van der Waals surface area contributed by atoms with E-state index >= 15 is 0 Å². The molecule has 94 valence electrons. The van der Waals surface area contributed by atoms with Crippen molar-refractivity contribution < 1.29 is 4.79 Å². The summed E-state index contributed by atoms with van der Waals surface area (Å²) in [5, 5.41) is 6.47. The molecule has 0 saturated carbocycles. The second-order valence-electron chi connectivity index (χ2n) is 3.63. The van der Waals surface area contributed by atoms with Gasteiger partial charge in [-0.2, -0.15) is 0 Å². The van der Waals surface area contributed by atoms with Crippen molar-refractivity contribution in [2.45, 2.75) is 18.2 Å². The molecule has 17 heavy (non-hydrogen) atoms. The van der Waals surface area contributed by atoms with Gasteiger partial charge in [0, 0.05) is 11.4 Å². The van der Waals surface area contributed by atoms with Crippen LogP contribution in [-0.4, -0.2) is 25.5 Å². The van der Waals surface area contributed by atoms with Gasteiger partial charge in [-0.15, -0.1) is 12.6 Å². The van der Waals surface area contributed by atoms with Crippen molar-refractivity contribution in [3.63, 3.8) is 0 Å². The van der Waals surface area contributed by atoms with Crippen LogP contribution in [0.5, 0.6) is 0 Å². The van der Waals surface area contributed by atoms with Crippen LogP contribution in [-0.2, 0) is 0 Å². The lowest BCUT2D eigenvalue weighted by atomic mass is 10.2. The first-order chi connectivity index (χ1) is 8.15. The van der Waals surface area contributed by atoms with Gasteiger partial charge in [0.2, 0.25) is 0 Å². The van der Waals surface area contributed by atoms with Gasteiger partial charge in [0.25, 0.3) is 5.91 Å². The van der Waals surface area contributed by atoms with Crippen LogP contribution in [0.4, 0.5) is 0 Å². The average molecular weight is 273 g/mol. The van der Waals surface area contributed by atoms with E-state index in [-0.39, 0.29) is 5.91 Å². The third-order valence-electron chi connectivity index (χ3n) is 2.26. The minimum Gasteiger partial charge on any atom is -0.352 e. The van der Waals surface area contributed by atoms with Crippen LogP contribution in [0.1, 0.15) is 23.7 Å². The Morgan fingerprint density at radius 1 is 1.41 bits per heavy atom. The zero-order valence-electron chi connectivity index (χ0n) is 9.79. The van der Waals surface area contributed by atoms with E-state index in [0.717, 1.165) is 24.4 Å². The quantitative estimate of drug-likeness (QED) is 0.550. The topological polar surface area (TPSA) is 41.1 Å². The maximum Gasteiger partial charge on any atom is 0.252 e. The summed E-state index contributed by atoms with van der Waals surface area (Å²) in [6.45, 7) is 4.54. The van der Waals surface area contributed by atoms with E-state index in [1.54, 1.807) is 18.2 Å². The Bertz CT molecular complexity index is 385. The van der Waals surface area contributed by atoms with E-state index in [0.29, 0.717) is 17.1 Å². The van der Waals surface area contributed by atoms with Gasteiger partial charge >= 0.3 is 0 Å². The normalized spacial score (nSPS) is 10.3. The number of carbonyl (C=O) groups excluding carboxylic acids is 1. The highest BCUT2D eigenvalue weighted by atomic mass is 35.5. The number of rotatable bonds is 6. The van der Waals surface area contributed by atoms with Crippen molar-refractivity contribution in [2.75, 3.05) is 19.6 Å². The van der Waals surface area contributed by atoms with Crippen LogP contribution in [0.3, 0.4) is 0 Å². The summed E-state index contributed by atoms with van der Waals surface area (Å²) in [7, 11) is 0. The molecule has 0 saturated heterocycles. The lowest BCUT2D eigenvalue weighted by Gasteiger charge is -2.07. The first-order valence-corrected chi connectivity index (χ1v) is 6.45.